The van der Waals surface area contributed by atoms with Crippen LogP contribution in [0.4, 0.5) is 11.5 Å². The van der Waals surface area contributed by atoms with Crippen molar-refractivity contribution in [2.45, 2.75) is 13.0 Å². The van der Waals surface area contributed by atoms with E-state index in [1.54, 1.807) is 13.3 Å². The lowest BCUT2D eigenvalue weighted by Crippen LogP contribution is -2.29. The summed E-state index contributed by atoms with van der Waals surface area (Å²) in [5.74, 6) is 0.589. The lowest BCUT2D eigenvalue weighted by atomic mass is 10.2. The number of hydrogen-bond acceptors (Lipinski definition) is 5. The van der Waals surface area contributed by atoms with E-state index >= 15 is 0 Å². The maximum atomic E-state index is 9.07. The van der Waals surface area contributed by atoms with E-state index in [1.807, 2.05) is 13.0 Å². The molecule has 0 aliphatic rings. The summed E-state index contributed by atoms with van der Waals surface area (Å²) in [4.78, 5) is 4.11. The Labute approximate surface area is 89.3 Å². The Kier molecular flexibility index (Phi) is 4.33. The van der Waals surface area contributed by atoms with Crippen LogP contribution in [0.3, 0.4) is 0 Å². The van der Waals surface area contributed by atoms with Gasteiger partial charge in [-0.15, -0.1) is 0 Å². The molecule has 5 heteroatoms. The number of nitrogen functional groups attached to an aromatic ring is 1. The lowest BCUT2D eigenvalue weighted by molar-refractivity contribution is 0.153. The first kappa shape index (κ1) is 11.7. The number of hydrogen-bond donors (Lipinski definition) is 3. The monoisotopic (exact) mass is 211 g/mol. The molecule has 0 aliphatic carbocycles. The van der Waals surface area contributed by atoms with Gasteiger partial charge in [0.15, 0.2) is 0 Å². The van der Waals surface area contributed by atoms with Crippen LogP contribution < -0.4 is 11.1 Å². The van der Waals surface area contributed by atoms with Crippen molar-refractivity contribution in [3.63, 3.8) is 0 Å². The van der Waals surface area contributed by atoms with Crippen LogP contribution in [-0.4, -0.2) is 36.5 Å². The summed E-state index contributed by atoms with van der Waals surface area (Å²) in [5, 5.41) is 12.1. The number of nitrogens with two attached hydrogens (primary N) is 1. The molecule has 0 saturated carbocycles. The zero-order valence-corrected chi connectivity index (χ0v) is 9.03. The fourth-order valence-electron chi connectivity index (χ4n) is 1.22. The minimum Gasteiger partial charge on any atom is -0.396 e. The molecule has 1 unspecified atom stereocenters. The lowest BCUT2D eigenvalue weighted by Gasteiger charge is -2.17. The van der Waals surface area contributed by atoms with E-state index in [2.05, 4.69) is 10.3 Å². The Balaban J connectivity index is 2.74. The van der Waals surface area contributed by atoms with Crippen molar-refractivity contribution in [3.8, 4) is 0 Å². The topological polar surface area (TPSA) is 80.4 Å². The van der Waals surface area contributed by atoms with Gasteiger partial charge in [-0.2, -0.15) is 0 Å². The summed E-state index contributed by atoms with van der Waals surface area (Å²) in [6.07, 6.45) is 1.68. The second-order valence-electron chi connectivity index (χ2n) is 3.37. The summed E-state index contributed by atoms with van der Waals surface area (Å²) in [5.41, 5.74) is 7.40. The number of nitrogens with zero attached hydrogens (tertiary/aromatic N) is 1. The maximum absolute atomic E-state index is 9.07. The molecule has 1 atom stereocenters. The summed E-state index contributed by atoms with van der Waals surface area (Å²) < 4.78 is 4.95. The standard InChI is InChI=1S/C10H17N3O2/c1-7-3-4-12-10(9(7)11)13-8(5-14)6-15-2/h3-4,8,14H,5-6,11H2,1-2H3,(H,12,13). The molecule has 0 saturated heterocycles. The maximum Gasteiger partial charge on any atom is 0.149 e. The van der Waals surface area contributed by atoms with Gasteiger partial charge in [-0.1, -0.05) is 0 Å². The van der Waals surface area contributed by atoms with Crippen molar-refractivity contribution in [1.82, 2.24) is 4.98 Å². The molecule has 0 spiro atoms. The van der Waals surface area contributed by atoms with E-state index in [0.29, 0.717) is 18.1 Å². The molecule has 0 radical (unpaired) electrons. The highest BCUT2D eigenvalue weighted by Gasteiger charge is 2.10. The molecule has 1 rings (SSSR count). The zero-order chi connectivity index (χ0) is 11.3. The molecule has 5 nitrogen and oxygen atoms in total. The number of aryl methyl sites for hydroxylation is 1. The molecule has 0 aliphatic heterocycles. The fourth-order valence-corrected chi connectivity index (χ4v) is 1.22. The second-order valence-corrected chi connectivity index (χ2v) is 3.37. The average Bonchev–Trinajstić information content (AvgIpc) is 2.24. The Bertz CT molecular complexity index is 318. The van der Waals surface area contributed by atoms with Gasteiger partial charge in [0.1, 0.15) is 5.82 Å². The molecule has 0 amide bonds. The normalized spacial score (nSPS) is 12.5. The van der Waals surface area contributed by atoms with E-state index in [9.17, 15) is 0 Å². The third-order valence-corrected chi connectivity index (χ3v) is 2.14. The van der Waals surface area contributed by atoms with Crippen molar-refractivity contribution in [2.75, 3.05) is 31.4 Å². The second kappa shape index (κ2) is 5.53. The van der Waals surface area contributed by atoms with Crippen LogP contribution in [0.5, 0.6) is 0 Å². The molecule has 0 aromatic carbocycles. The number of pyridine rings is 1. The Hall–Kier alpha value is -1.33. The van der Waals surface area contributed by atoms with Gasteiger partial charge < -0.3 is 20.9 Å². The Morgan fingerprint density at radius 1 is 1.67 bits per heavy atom. The number of nitrogens with one attached hydrogen (secondary N) is 1. The first-order chi connectivity index (χ1) is 7.19. The van der Waals surface area contributed by atoms with Crippen molar-refractivity contribution in [2.24, 2.45) is 0 Å². The number of aliphatic hydroxyl groups is 1. The summed E-state index contributed by atoms with van der Waals surface area (Å²) in [6.45, 7) is 2.29. The Morgan fingerprint density at radius 3 is 3.00 bits per heavy atom. The van der Waals surface area contributed by atoms with Gasteiger partial charge in [-0.05, 0) is 18.6 Å². The van der Waals surface area contributed by atoms with E-state index in [1.165, 1.54) is 0 Å². The van der Waals surface area contributed by atoms with Gasteiger partial charge in [0.2, 0.25) is 0 Å². The summed E-state index contributed by atoms with van der Waals surface area (Å²) >= 11 is 0. The molecule has 0 bridgehead atoms. The van der Waals surface area contributed by atoms with Crippen molar-refractivity contribution in [1.29, 1.82) is 0 Å². The van der Waals surface area contributed by atoms with E-state index in [0.717, 1.165) is 5.56 Å². The van der Waals surface area contributed by atoms with Gasteiger partial charge in [-0.25, -0.2) is 4.98 Å². The van der Waals surface area contributed by atoms with Crippen LogP contribution >= 0.6 is 0 Å². The van der Waals surface area contributed by atoms with Crippen molar-refractivity contribution >= 4 is 11.5 Å². The Morgan fingerprint density at radius 2 is 2.40 bits per heavy atom. The summed E-state index contributed by atoms with van der Waals surface area (Å²) in [6, 6.07) is 1.65. The zero-order valence-electron chi connectivity index (χ0n) is 9.03. The smallest absolute Gasteiger partial charge is 0.149 e. The van der Waals surface area contributed by atoms with Crippen molar-refractivity contribution < 1.29 is 9.84 Å². The quantitative estimate of drug-likeness (QED) is 0.656. The van der Waals surface area contributed by atoms with Crippen molar-refractivity contribution in [3.05, 3.63) is 17.8 Å². The predicted octanol–water partition coefficient (Wildman–Crippen LogP) is 0.391. The number of anilines is 2. The van der Waals surface area contributed by atoms with Gasteiger partial charge in [-0.3, -0.25) is 0 Å². The van der Waals surface area contributed by atoms with Gasteiger partial charge >= 0.3 is 0 Å². The number of ether oxygens (including phenoxy) is 1. The van der Waals surface area contributed by atoms with E-state index in [4.69, 9.17) is 15.6 Å². The summed E-state index contributed by atoms with van der Waals surface area (Å²) in [7, 11) is 1.58. The number of rotatable bonds is 5. The molecule has 0 fully saturated rings. The van der Waals surface area contributed by atoms with Crippen LogP contribution in [0, 0.1) is 6.92 Å². The SMILES string of the molecule is COCC(CO)Nc1nccc(C)c1N. The van der Waals surface area contributed by atoms with Gasteiger partial charge in [0, 0.05) is 13.3 Å². The van der Waals surface area contributed by atoms with E-state index < -0.39 is 0 Å². The molecule has 1 aromatic rings. The van der Waals surface area contributed by atoms with Crippen LogP contribution in [0.1, 0.15) is 5.56 Å². The highest BCUT2D eigenvalue weighted by molar-refractivity contribution is 5.65. The highest BCUT2D eigenvalue weighted by atomic mass is 16.5. The molecule has 4 N–H and O–H groups in total. The van der Waals surface area contributed by atoms with Gasteiger partial charge in [0.05, 0.1) is 24.9 Å². The minimum atomic E-state index is -0.188. The highest BCUT2D eigenvalue weighted by Crippen LogP contribution is 2.19. The van der Waals surface area contributed by atoms with Crippen LogP contribution in [0.15, 0.2) is 12.3 Å². The first-order valence-corrected chi connectivity index (χ1v) is 4.76. The minimum absolute atomic E-state index is 0.0249. The van der Waals surface area contributed by atoms with E-state index in [-0.39, 0.29) is 12.6 Å². The molecular formula is C10H17N3O2. The third-order valence-electron chi connectivity index (χ3n) is 2.14. The average molecular weight is 211 g/mol. The third kappa shape index (κ3) is 3.07. The van der Waals surface area contributed by atoms with Crippen LogP contribution in [-0.2, 0) is 4.74 Å². The molecular weight excluding hydrogens is 194 g/mol. The van der Waals surface area contributed by atoms with Crippen LogP contribution in [0.2, 0.25) is 0 Å². The molecule has 15 heavy (non-hydrogen) atoms. The molecule has 1 aromatic heterocycles. The number of aliphatic hydroxyl groups excluding tert-OH is 1. The fraction of sp³-hybridized carbons (Fsp3) is 0.500. The van der Waals surface area contributed by atoms with Crippen LogP contribution in [0.25, 0.3) is 0 Å². The number of aromatic nitrogens is 1. The number of methoxy groups -OCH3 is 1. The predicted molar refractivity (Wildman–Crippen MR) is 59.8 cm³/mol. The van der Waals surface area contributed by atoms with Gasteiger partial charge in [0.25, 0.3) is 0 Å². The molecule has 84 valence electrons. The largest absolute Gasteiger partial charge is 0.396 e. The molecule has 1 heterocycles. The first-order valence-electron chi connectivity index (χ1n) is 4.76.